The van der Waals surface area contributed by atoms with E-state index < -0.39 is 0 Å². The van der Waals surface area contributed by atoms with Crippen LogP contribution >= 0.6 is 12.6 Å². The molecule has 0 amide bonds. The highest BCUT2D eigenvalue weighted by Gasteiger charge is 2.26. The molecule has 0 N–H and O–H groups in total. The van der Waals surface area contributed by atoms with Crippen molar-refractivity contribution in [1.29, 1.82) is 0 Å². The minimum absolute atomic E-state index is 0.733. The van der Waals surface area contributed by atoms with Crippen LogP contribution in [-0.4, -0.2) is 5.25 Å². The molecule has 2 rings (SSSR count). The lowest BCUT2D eigenvalue weighted by molar-refractivity contribution is 0.382. The highest BCUT2D eigenvalue weighted by Crippen LogP contribution is 2.38. The molecule has 2 fully saturated rings. The van der Waals surface area contributed by atoms with Gasteiger partial charge in [0.25, 0.3) is 0 Å². The van der Waals surface area contributed by atoms with Crippen LogP contribution in [0.3, 0.4) is 0 Å². The van der Waals surface area contributed by atoms with Gasteiger partial charge in [-0.25, -0.2) is 0 Å². The Morgan fingerprint density at radius 1 is 0.917 bits per heavy atom. The van der Waals surface area contributed by atoms with Gasteiger partial charge in [0.05, 0.1) is 0 Å². The van der Waals surface area contributed by atoms with Crippen molar-refractivity contribution in [2.75, 3.05) is 0 Å². The van der Waals surface area contributed by atoms with Gasteiger partial charge in [-0.05, 0) is 37.5 Å². The predicted octanol–water partition coefficient (Wildman–Crippen LogP) is 3.67. The van der Waals surface area contributed by atoms with Crippen LogP contribution in [0.2, 0.25) is 0 Å². The van der Waals surface area contributed by atoms with Crippen molar-refractivity contribution < 1.29 is 0 Å². The molecule has 0 bridgehead atoms. The minimum atomic E-state index is 0.733. The first-order chi connectivity index (χ1) is 5.84. The molecule has 12 heavy (non-hydrogen) atoms. The maximum atomic E-state index is 4.55. The van der Waals surface area contributed by atoms with Crippen molar-refractivity contribution in [2.45, 2.75) is 56.6 Å². The number of thiol groups is 1. The zero-order chi connectivity index (χ0) is 8.39. The Labute approximate surface area is 81.5 Å². The topological polar surface area (TPSA) is 0 Å². The first-order valence-electron chi connectivity index (χ1n) is 5.52. The molecule has 0 aromatic carbocycles. The summed E-state index contributed by atoms with van der Waals surface area (Å²) in [6.07, 6.45) is 11.8. The van der Waals surface area contributed by atoms with Crippen molar-refractivity contribution in [1.82, 2.24) is 0 Å². The van der Waals surface area contributed by atoms with Gasteiger partial charge in [0.1, 0.15) is 0 Å². The Balaban J connectivity index is 1.72. The van der Waals surface area contributed by atoms with E-state index in [4.69, 9.17) is 0 Å². The standard InChI is InChI=1S/C11H20S/c12-11-6-5-10(8-11)7-9-3-1-2-4-9/h9-12H,1-8H2. The third kappa shape index (κ3) is 2.18. The summed E-state index contributed by atoms with van der Waals surface area (Å²) in [6.45, 7) is 0. The van der Waals surface area contributed by atoms with Crippen LogP contribution < -0.4 is 0 Å². The molecule has 70 valence electrons. The Bertz CT molecular complexity index is 138. The SMILES string of the molecule is SC1CCC(CC2CCCC2)C1. The molecule has 0 nitrogen and oxygen atoms in total. The molecule has 0 aromatic rings. The molecule has 2 aliphatic rings. The highest BCUT2D eigenvalue weighted by molar-refractivity contribution is 7.80. The second-order valence-corrected chi connectivity index (χ2v) is 5.45. The molecular formula is C11H20S. The molecule has 2 atom stereocenters. The zero-order valence-electron chi connectivity index (χ0n) is 7.84. The fourth-order valence-electron chi connectivity index (χ4n) is 2.98. The lowest BCUT2D eigenvalue weighted by atomic mass is 9.92. The molecule has 2 unspecified atom stereocenters. The molecule has 0 radical (unpaired) electrons. The van der Waals surface area contributed by atoms with Crippen molar-refractivity contribution in [2.24, 2.45) is 11.8 Å². The smallest absolute Gasteiger partial charge is 0.00195 e. The third-order valence-corrected chi connectivity index (χ3v) is 4.12. The van der Waals surface area contributed by atoms with Gasteiger partial charge in [-0.3, -0.25) is 0 Å². The summed E-state index contributed by atoms with van der Waals surface area (Å²) in [5.41, 5.74) is 0. The van der Waals surface area contributed by atoms with E-state index >= 15 is 0 Å². The van der Waals surface area contributed by atoms with Gasteiger partial charge in [-0.1, -0.05) is 25.7 Å². The maximum absolute atomic E-state index is 4.55. The molecule has 0 spiro atoms. The van der Waals surface area contributed by atoms with E-state index in [0.29, 0.717) is 0 Å². The number of rotatable bonds is 2. The van der Waals surface area contributed by atoms with E-state index in [1.807, 2.05) is 0 Å². The largest absolute Gasteiger partial charge is 0.176 e. The molecule has 0 saturated heterocycles. The Hall–Kier alpha value is 0.350. The van der Waals surface area contributed by atoms with E-state index in [0.717, 1.165) is 17.1 Å². The quantitative estimate of drug-likeness (QED) is 0.622. The molecule has 0 heterocycles. The summed E-state index contributed by atoms with van der Waals surface area (Å²) in [5, 5.41) is 0.733. The van der Waals surface area contributed by atoms with Crippen LogP contribution in [-0.2, 0) is 0 Å². The maximum Gasteiger partial charge on any atom is 0.00195 e. The summed E-state index contributed by atoms with van der Waals surface area (Å²) >= 11 is 4.55. The van der Waals surface area contributed by atoms with Gasteiger partial charge in [-0.2, -0.15) is 12.6 Å². The minimum Gasteiger partial charge on any atom is -0.176 e. The van der Waals surface area contributed by atoms with Crippen LogP contribution in [0, 0.1) is 11.8 Å². The van der Waals surface area contributed by atoms with Crippen LogP contribution in [0.1, 0.15) is 51.4 Å². The van der Waals surface area contributed by atoms with Gasteiger partial charge >= 0.3 is 0 Å². The van der Waals surface area contributed by atoms with Gasteiger partial charge in [0.2, 0.25) is 0 Å². The second kappa shape index (κ2) is 4.04. The Morgan fingerprint density at radius 3 is 2.25 bits per heavy atom. The van der Waals surface area contributed by atoms with Crippen LogP contribution in [0.5, 0.6) is 0 Å². The summed E-state index contributed by atoms with van der Waals surface area (Å²) in [6, 6.07) is 0. The van der Waals surface area contributed by atoms with Crippen molar-refractivity contribution >= 4 is 12.6 Å². The van der Waals surface area contributed by atoms with Gasteiger partial charge in [0, 0.05) is 5.25 Å². The first kappa shape index (κ1) is 8.93. The zero-order valence-corrected chi connectivity index (χ0v) is 8.73. The molecule has 2 aliphatic carbocycles. The number of hydrogen-bond acceptors (Lipinski definition) is 1. The molecular weight excluding hydrogens is 164 g/mol. The van der Waals surface area contributed by atoms with Crippen molar-refractivity contribution in [3.05, 3.63) is 0 Å². The van der Waals surface area contributed by atoms with Gasteiger partial charge in [-0.15, -0.1) is 0 Å². The summed E-state index contributed by atoms with van der Waals surface area (Å²) in [5.74, 6) is 2.13. The molecule has 0 aromatic heterocycles. The van der Waals surface area contributed by atoms with E-state index in [1.54, 1.807) is 0 Å². The van der Waals surface area contributed by atoms with E-state index in [1.165, 1.54) is 51.4 Å². The molecule has 2 saturated carbocycles. The summed E-state index contributed by atoms with van der Waals surface area (Å²) < 4.78 is 0. The van der Waals surface area contributed by atoms with Gasteiger partial charge in [0.15, 0.2) is 0 Å². The molecule has 0 aliphatic heterocycles. The van der Waals surface area contributed by atoms with Crippen molar-refractivity contribution in [3.8, 4) is 0 Å². The fourth-order valence-corrected chi connectivity index (χ4v) is 3.43. The highest BCUT2D eigenvalue weighted by atomic mass is 32.1. The summed E-state index contributed by atoms with van der Waals surface area (Å²) in [7, 11) is 0. The van der Waals surface area contributed by atoms with E-state index in [9.17, 15) is 0 Å². The first-order valence-corrected chi connectivity index (χ1v) is 6.04. The average molecular weight is 184 g/mol. The Morgan fingerprint density at radius 2 is 1.67 bits per heavy atom. The second-order valence-electron chi connectivity index (χ2n) is 4.72. The Kier molecular flexibility index (Phi) is 3.00. The fraction of sp³-hybridized carbons (Fsp3) is 1.00. The van der Waals surface area contributed by atoms with Crippen LogP contribution in [0.25, 0.3) is 0 Å². The molecule has 1 heteroatoms. The summed E-state index contributed by atoms with van der Waals surface area (Å²) in [4.78, 5) is 0. The van der Waals surface area contributed by atoms with Crippen LogP contribution in [0.15, 0.2) is 0 Å². The normalized spacial score (nSPS) is 37.8. The predicted molar refractivity (Wildman–Crippen MR) is 56.7 cm³/mol. The van der Waals surface area contributed by atoms with E-state index in [-0.39, 0.29) is 0 Å². The lowest BCUT2D eigenvalue weighted by Gasteiger charge is -2.14. The van der Waals surface area contributed by atoms with Gasteiger partial charge < -0.3 is 0 Å². The monoisotopic (exact) mass is 184 g/mol. The average Bonchev–Trinajstić information content (AvgIpc) is 2.63. The number of hydrogen-bond donors (Lipinski definition) is 1. The van der Waals surface area contributed by atoms with Crippen LogP contribution in [0.4, 0.5) is 0 Å². The van der Waals surface area contributed by atoms with Crippen molar-refractivity contribution in [3.63, 3.8) is 0 Å². The lowest BCUT2D eigenvalue weighted by Crippen LogP contribution is -2.03. The van der Waals surface area contributed by atoms with E-state index in [2.05, 4.69) is 12.6 Å². The third-order valence-electron chi connectivity index (χ3n) is 3.65.